The first-order valence-electron chi connectivity index (χ1n) is 14.9. The van der Waals surface area contributed by atoms with Gasteiger partial charge in [-0.25, -0.2) is 0 Å². The summed E-state index contributed by atoms with van der Waals surface area (Å²) in [6.07, 6.45) is 13.6. The molecule has 226 valence electrons. The Kier molecular flexibility index (Phi) is 30.9. The molecule has 0 aromatic heterocycles. The summed E-state index contributed by atoms with van der Waals surface area (Å²) in [5.41, 5.74) is 0. The van der Waals surface area contributed by atoms with E-state index in [0.717, 1.165) is 38.5 Å². The molecule has 0 fully saturated rings. The highest BCUT2D eigenvalue weighted by Crippen LogP contribution is 2.08. The van der Waals surface area contributed by atoms with Crippen LogP contribution in [0.25, 0.3) is 0 Å². The Bertz CT molecular complexity index is 502. The minimum absolute atomic E-state index is 0.141. The molecule has 38 heavy (non-hydrogen) atoms. The van der Waals surface area contributed by atoms with Gasteiger partial charge in [-0.05, 0) is 12.8 Å². The lowest BCUT2D eigenvalue weighted by Gasteiger charge is -2.08. The third-order valence-electron chi connectivity index (χ3n) is 5.69. The van der Waals surface area contributed by atoms with Crippen molar-refractivity contribution in [2.75, 3.05) is 79.3 Å². The largest absolute Gasteiger partial charge is 0.463 e. The molecule has 0 aliphatic rings. The first kappa shape index (κ1) is 36.7. The van der Waals surface area contributed by atoms with Crippen LogP contribution >= 0.6 is 0 Å². The fourth-order valence-electron chi connectivity index (χ4n) is 3.48. The molecule has 0 atom stereocenters. The molecule has 9 nitrogen and oxygen atoms in total. The van der Waals surface area contributed by atoms with Gasteiger partial charge in [-0.2, -0.15) is 0 Å². The van der Waals surface area contributed by atoms with Crippen LogP contribution in [-0.4, -0.2) is 91.2 Å². The average molecular weight is 549 g/mol. The molecule has 0 rings (SSSR count). The number of rotatable bonds is 31. The number of carbonyl (C=O) groups is 2. The van der Waals surface area contributed by atoms with E-state index in [2.05, 4.69) is 13.8 Å². The van der Waals surface area contributed by atoms with Gasteiger partial charge in [0, 0.05) is 12.8 Å². The lowest BCUT2D eigenvalue weighted by Crippen LogP contribution is -2.15. The van der Waals surface area contributed by atoms with E-state index in [9.17, 15) is 9.59 Å². The molecule has 0 spiro atoms. The van der Waals surface area contributed by atoms with Crippen molar-refractivity contribution in [2.45, 2.75) is 97.3 Å². The van der Waals surface area contributed by atoms with E-state index in [1.54, 1.807) is 0 Å². The molecule has 0 aliphatic heterocycles. The Hall–Kier alpha value is -1.26. The van der Waals surface area contributed by atoms with Gasteiger partial charge in [-0.3, -0.25) is 9.59 Å². The Morgan fingerprint density at radius 3 is 0.974 bits per heavy atom. The average Bonchev–Trinajstić information content (AvgIpc) is 2.92. The molecular weight excluding hydrogens is 492 g/mol. The quantitative estimate of drug-likeness (QED) is 0.0848. The topological polar surface area (TPSA) is 98.8 Å². The van der Waals surface area contributed by atoms with Crippen LogP contribution in [0.2, 0.25) is 0 Å². The Morgan fingerprint density at radius 2 is 0.632 bits per heavy atom. The summed E-state index contributed by atoms with van der Waals surface area (Å²) in [4.78, 5) is 23.2. The number of esters is 2. The van der Waals surface area contributed by atoms with E-state index in [0.29, 0.717) is 78.9 Å². The second-order valence-electron chi connectivity index (χ2n) is 9.18. The van der Waals surface area contributed by atoms with Crippen LogP contribution in [0.3, 0.4) is 0 Å². The molecular formula is C29H56O9. The van der Waals surface area contributed by atoms with Crippen LogP contribution in [0.1, 0.15) is 97.3 Å². The fourth-order valence-corrected chi connectivity index (χ4v) is 3.48. The summed E-state index contributed by atoms with van der Waals surface area (Å²) in [6.45, 7) is 9.48. The zero-order valence-electron chi connectivity index (χ0n) is 24.4. The first-order valence-corrected chi connectivity index (χ1v) is 14.9. The summed E-state index contributed by atoms with van der Waals surface area (Å²) < 4.78 is 37.4. The molecule has 0 bridgehead atoms. The third kappa shape index (κ3) is 31.0. The molecule has 0 unspecified atom stereocenters. The van der Waals surface area contributed by atoms with Crippen LogP contribution in [-0.2, 0) is 42.7 Å². The van der Waals surface area contributed by atoms with Crippen molar-refractivity contribution < 1.29 is 42.7 Å². The molecule has 0 radical (unpaired) electrons. The minimum Gasteiger partial charge on any atom is -0.463 e. The molecule has 0 aromatic carbocycles. The molecule has 9 heteroatoms. The van der Waals surface area contributed by atoms with Crippen molar-refractivity contribution in [3.05, 3.63) is 0 Å². The second kappa shape index (κ2) is 32.0. The van der Waals surface area contributed by atoms with E-state index in [1.165, 1.54) is 32.1 Å². The number of ether oxygens (including phenoxy) is 7. The summed E-state index contributed by atoms with van der Waals surface area (Å²) in [7, 11) is 0. The number of unbranched alkanes of at least 4 members (excludes halogenated alkanes) is 9. The van der Waals surface area contributed by atoms with Crippen LogP contribution in [0, 0.1) is 0 Å². The second-order valence-corrected chi connectivity index (χ2v) is 9.18. The van der Waals surface area contributed by atoms with Crippen molar-refractivity contribution in [3.63, 3.8) is 0 Å². The SMILES string of the molecule is CCCCCCCCCC(=O)OCCOCCOCCOCCOCCOCCOC(=O)CCCCCC. The van der Waals surface area contributed by atoms with E-state index < -0.39 is 0 Å². The van der Waals surface area contributed by atoms with Crippen LogP contribution < -0.4 is 0 Å². The smallest absolute Gasteiger partial charge is 0.305 e. The molecule has 0 aromatic rings. The van der Waals surface area contributed by atoms with Gasteiger partial charge >= 0.3 is 11.9 Å². The highest BCUT2D eigenvalue weighted by atomic mass is 16.6. The first-order chi connectivity index (χ1) is 18.7. The van der Waals surface area contributed by atoms with Crippen LogP contribution in [0.4, 0.5) is 0 Å². The zero-order chi connectivity index (χ0) is 27.8. The van der Waals surface area contributed by atoms with Crippen molar-refractivity contribution in [3.8, 4) is 0 Å². The van der Waals surface area contributed by atoms with E-state index in [4.69, 9.17) is 33.2 Å². The Balaban J connectivity index is 3.16. The van der Waals surface area contributed by atoms with Gasteiger partial charge in [-0.1, -0.05) is 71.6 Å². The van der Waals surface area contributed by atoms with E-state index in [-0.39, 0.29) is 25.2 Å². The number of carbonyl (C=O) groups excluding carboxylic acids is 2. The van der Waals surface area contributed by atoms with Crippen LogP contribution in [0.5, 0.6) is 0 Å². The molecule has 0 saturated heterocycles. The van der Waals surface area contributed by atoms with Gasteiger partial charge in [-0.15, -0.1) is 0 Å². The maximum Gasteiger partial charge on any atom is 0.305 e. The predicted molar refractivity (Wildman–Crippen MR) is 147 cm³/mol. The van der Waals surface area contributed by atoms with Gasteiger partial charge < -0.3 is 33.2 Å². The van der Waals surface area contributed by atoms with Gasteiger partial charge in [0.05, 0.1) is 66.1 Å². The zero-order valence-corrected chi connectivity index (χ0v) is 24.4. The molecule has 0 N–H and O–H groups in total. The number of hydrogen-bond donors (Lipinski definition) is 0. The Morgan fingerprint density at radius 1 is 0.368 bits per heavy atom. The molecule has 0 aliphatic carbocycles. The standard InChI is InChI=1S/C29H56O9/c1-3-5-7-9-10-11-13-15-29(31)38-27-25-36-23-21-34-19-17-32-16-18-33-20-22-35-24-26-37-28(30)14-12-8-6-4-2/h3-27H2,1-2H3. The maximum absolute atomic E-state index is 11.7. The normalized spacial score (nSPS) is 11.1. The minimum atomic E-state index is -0.151. The summed E-state index contributed by atoms with van der Waals surface area (Å²) in [5, 5.41) is 0. The molecule has 0 heterocycles. The lowest BCUT2D eigenvalue weighted by molar-refractivity contribution is -0.146. The van der Waals surface area contributed by atoms with Crippen molar-refractivity contribution >= 4 is 11.9 Å². The van der Waals surface area contributed by atoms with Crippen molar-refractivity contribution in [1.82, 2.24) is 0 Å². The third-order valence-corrected chi connectivity index (χ3v) is 5.69. The summed E-state index contributed by atoms with van der Waals surface area (Å²) in [5.74, 6) is -0.292. The van der Waals surface area contributed by atoms with Gasteiger partial charge in [0.1, 0.15) is 13.2 Å². The molecule has 0 amide bonds. The van der Waals surface area contributed by atoms with E-state index >= 15 is 0 Å². The van der Waals surface area contributed by atoms with Gasteiger partial charge in [0.15, 0.2) is 0 Å². The van der Waals surface area contributed by atoms with Gasteiger partial charge in [0.25, 0.3) is 0 Å². The monoisotopic (exact) mass is 548 g/mol. The van der Waals surface area contributed by atoms with E-state index in [1.807, 2.05) is 0 Å². The maximum atomic E-state index is 11.7. The number of hydrogen-bond acceptors (Lipinski definition) is 9. The fraction of sp³-hybridized carbons (Fsp3) is 0.931. The van der Waals surface area contributed by atoms with Crippen molar-refractivity contribution in [1.29, 1.82) is 0 Å². The summed E-state index contributed by atoms with van der Waals surface area (Å²) in [6, 6.07) is 0. The molecule has 0 saturated carbocycles. The Labute approximate surface area is 231 Å². The highest BCUT2D eigenvalue weighted by molar-refractivity contribution is 5.69. The predicted octanol–water partition coefficient (Wildman–Crippen LogP) is 5.27. The highest BCUT2D eigenvalue weighted by Gasteiger charge is 2.03. The van der Waals surface area contributed by atoms with Crippen LogP contribution in [0.15, 0.2) is 0 Å². The summed E-state index contributed by atoms with van der Waals surface area (Å²) >= 11 is 0. The van der Waals surface area contributed by atoms with Crippen molar-refractivity contribution in [2.24, 2.45) is 0 Å². The lowest BCUT2D eigenvalue weighted by atomic mass is 10.1. The van der Waals surface area contributed by atoms with Gasteiger partial charge in [0.2, 0.25) is 0 Å².